The predicted octanol–water partition coefficient (Wildman–Crippen LogP) is 14.2. The van der Waals surface area contributed by atoms with Gasteiger partial charge in [0.2, 0.25) is 0 Å². The Hall–Kier alpha value is -4.56. The monoisotopic (exact) mass is 729 g/mol. The van der Waals surface area contributed by atoms with E-state index in [0.29, 0.717) is 0 Å². The van der Waals surface area contributed by atoms with Crippen molar-refractivity contribution >= 4 is 34.0 Å². The van der Waals surface area contributed by atoms with Crippen LogP contribution in [-0.2, 0) is 23.7 Å². The Kier molecular flexibility index (Phi) is 9.35. The molecule has 4 aromatic carbocycles. The summed E-state index contributed by atoms with van der Waals surface area (Å²) in [7, 11) is 0. The Bertz CT molecular complexity index is 2650. The number of H-pyrrole nitrogens is 2. The Morgan fingerprint density at radius 3 is 1.42 bits per heavy atom. The first kappa shape index (κ1) is 38.7. The van der Waals surface area contributed by atoms with Crippen molar-refractivity contribution in [3.05, 3.63) is 147 Å². The van der Waals surface area contributed by atoms with E-state index >= 15 is 0 Å². The molecule has 0 amide bonds. The molecule has 0 saturated carbocycles. The molecule has 2 aromatic heterocycles. The first-order chi connectivity index (χ1) is 25.7. The SMILES string of the molecule is Cc1cc2c(c(C)c1C)C=C(C(C)(C)c1c(C)c(C)c(C)c3[nH]cc(C)c13)C2.Cc1cc2c(c(C)c1C)C=C(C(C)(C)c1c(C)c(C)c(C)c3[nH]ccc13)C2. The number of aromatic nitrogens is 2. The minimum atomic E-state index is -0.0129. The lowest BCUT2D eigenvalue weighted by Gasteiger charge is -2.32. The van der Waals surface area contributed by atoms with E-state index in [-0.39, 0.29) is 10.8 Å². The van der Waals surface area contributed by atoms with Crippen LogP contribution < -0.4 is 0 Å². The van der Waals surface area contributed by atoms with Crippen molar-refractivity contribution in [3.8, 4) is 0 Å². The number of hydrogen-bond donors (Lipinski definition) is 2. The van der Waals surface area contributed by atoms with Crippen molar-refractivity contribution in [3.63, 3.8) is 0 Å². The average Bonchev–Trinajstić information content (AvgIpc) is 3.95. The van der Waals surface area contributed by atoms with Crippen LogP contribution in [0, 0.1) is 90.0 Å². The minimum Gasteiger partial charge on any atom is -0.361 e. The molecule has 2 nitrogen and oxygen atoms in total. The van der Waals surface area contributed by atoms with Gasteiger partial charge in [-0.05, 0) is 215 Å². The van der Waals surface area contributed by atoms with Gasteiger partial charge in [0.15, 0.2) is 0 Å². The second-order valence-corrected chi connectivity index (χ2v) is 18.5. The number of fused-ring (bicyclic) bond motifs is 4. The van der Waals surface area contributed by atoms with Crippen LogP contribution in [0.2, 0.25) is 0 Å². The highest BCUT2D eigenvalue weighted by atomic mass is 14.7. The van der Waals surface area contributed by atoms with Gasteiger partial charge in [0, 0.05) is 45.0 Å². The zero-order chi connectivity index (χ0) is 40.2. The maximum absolute atomic E-state index is 3.55. The molecule has 2 aliphatic rings. The molecule has 0 bridgehead atoms. The summed E-state index contributed by atoms with van der Waals surface area (Å²) in [5.41, 5.74) is 32.9. The normalized spacial score (nSPS) is 14.0. The van der Waals surface area contributed by atoms with Gasteiger partial charge in [-0.1, -0.05) is 63.1 Å². The van der Waals surface area contributed by atoms with Crippen LogP contribution in [-0.4, -0.2) is 9.97 Å². The fourth-order valence-electron chi connectivity index (χ4n) is 10.4. The molecular formula is C53H64N2. The van der Waals surface area contributed by atoms with Crippen LogP contribution in [0.25, 0.3) is 34.0 Å². The fourth-order valence-corrected chi connectivity index (χ4v) is 10.4. The molecule has 2 aliphatic carbocycles. The second kappa shape index (κ2) is 13.3. The summed E-state index contributed by atoms with van der Waals surface area (Å²) >= 11 is 0. The van der Waals surface area contributed by atoms with E-state index < -0.39 is 0 Å². The molecule has 6 aromatic rings. The van der Waals surface area contributed by atoms with Gasteiger partial charge >= 0.3 is 0 Å². The highest BCUT2D eigenvalue weighted by Crippen LogP contribution is 2.48. The molecule has 2 N–H and O–H groups in total. The molecule has 0 fully saturated rings. The third-order valence-electron chi connectivity index (χ3n) is 14.9. The summed E-state index contributed by atoms with van der Waals surface area (Å²) in [5.74, 6) is 0. The lowest BCUT2D eigenvalue weighted by atomic mass is 9.72. The molecule has 0 atom stereocenters. The van der Waals surface area contributed by atoms with Crippen molar-refractivity contribution < 1.29 is 0 Å². The molecule has 0 spiro atoms. The molecule has 0 unspecified atom stereocenters. The smallest absolute Gasteiger partial charge is 0.0492 e. The van der Waals surface area contributed by atoms with E-state index in [0.717, 1.165) is 12.8 Å². The van der Waals surface area contributed by atoms with Crippen LogP contribution >= 0.6 is 0 Å². The summed E-state index contributed by atoms with van der Waals surface area (Å²) in [6.07, 6.45) is 11.3. The molecular weight excluding hydrogens is 665 g/mol. The molecule has 2 heterocycles. The standard InChI is InChI=1S/C27H33N.C26H31N/c1-14-10-21-11-22(12-23(21)18(5)16(14)3)27(8,9)25-19(6)17(4)20(7)26-24(25)15(2)13-28-26;1-14-11-20-12-21(13-23(20)17(4)15(14)2)26(7,8)24-18(5)16(3)19(6)25-22(24)9-10-27-25/h10,12-13,28H,11H2,1-9H3;9-11,13,27H,12H2,1-8H3. The molecule has 2 heteroatoms. The predicted molar refractivity (Wildman–Crippen MR) is 240 cm³/mol. The first-order valence-electron chi connectivity index (χ1n) is 20.5. The molecule has 0 saturated heterocycles. The third-order valence-corrected chi connectivity index (χ3v) is 14.9. The number of benzene rings is 4. The lowest BCUT2D eigenvalue weighted by molar-refractivity contribution is 0.615. The molecule has 0 radical (unpaired) electrons. The first-order valence-corrected chi connectivity index (χ1v) is 20.5. The van der Waals surface area contributed by atoms with Gasteiger partial charge < -0.3 is 9.97 Å². The van der Waals surface area contributed by atoms with Gasteiger partial charge in [0.25, 0.3) is 0 Å². The van der Waals surface area contributed by atoms with Crippen LogP contribution in [0.5, 0.6) is 0 Å². The van der Waals surface area contributed by atoms with Gasteiger partial charge in [-0.25, -0.2) is 0 Å². The van der Waals surface area contributed by atoms with Gasteiger partial charge in [-0.15, -0.1) is 0 Å². The molecule has 8 rings (SSSR count). The van der Waals surface area contributed by atoms with Gasteiger partial charge in [0.05, 0.1) is 0 Å². The Morgan fingerprint density at radius 2 is 0.909 bits per heavy atom. The largest absolute Gasteiger partial charge is 0.361 e. The highest BCUT2D eigenvalue weighted by molar-refractivity contribution is 5.93. The highest BCUT2D eigenvalue weighted by Gasteiger charge is 2.36. The Balaban J connectivity index is 0.000000169. The quantitative estimate of drug-likeness (QED) is 0.181. The number of aromatic amines is 2. The summed E-state index contributed by atoms with van der Waals surface area (Å²) < 4.78 is 0. The van der Waals surface area contributed by atoms with E-state index in [2.05, 4.69) is 170 Å². The molecule has 286 valence electrons. The zero-order valence-corrected chi connectivity index (χ0v) is 37.0. The van der Waals surface area contributed by atoms with Gasteiger partial charge in [-0.3, -0.25) is 0 Å². The zero-order valence-electron chi connectivity index (χ0n) is 37.0. The summed E-state index contributed by atoms with van der Waals surface area (Å²) in [5, 5.41) is 2.80. The number of hydrogen-bond acceptors (Lipinski definition) is 0. The van der Waals surface area contributed by atoms with Gasteiger partial charge in [0.1, 0.15) is 0 Å². The summed E-state index contributed by atoms with van der Waals surface area (Å²) in [6, 6.07) is 7.06. The number of allylic oxidation sites excluding steroid dienone is 2. The Labute approximate surface area is 331 Å². The van der Waals surface area contributed by atoms with Crippen molar-refractivity contribution in [2.45, 2.75) is 141 Å². The topological polar surface area (TPSA) is 31.6 Å². The number of nitrogens with one attached hydrogen (secondary N) is 2. The molecule has 55 heavy (non-hydrogen) atoms. The van der Waals surface area contributed by atoms with Crippen molar-refractivity contribution in [2.24, 2.45) is 0 Å². The summed E-state index contributed by atoms with van der Waals surface area (Å²) in [4.78, 5) is 7.03. The van der Waals surface area contributed by atoms with E-state index in [4.69, 9.17) is 0 Å². The van der Waals surface area contributed by atoms with Crippen LogP contribution in [0.4, 0.5) is 0 Å². The third kappa shape index (κ3) is 5.81. The van der Waals surface area contributed by atoms with E-state index in [1.54, 1.807) is 0 Å². The van der Waals surface area contributed by atoms with Gasteiger partial charge in [-0.2, -0.15) is 0 Å². The minimum absolute atomic E-state index is 0.00371. The van der Waals surface area contributed by atoms with Crippen LogP contribution in [0.3, 0.4) is 0 Å². The fraction of sp³-hybridized carbons (Fsp3) is 0.396. The van der Waals surface area contributed by atoms with Crippen molar-refractivity contribution in [1.82, 2.24) is 9.97 Å². The summed E-state index contributed by atoms with van der Waals surface area (Å²) in [6.45, 7) is 39.1. The number of aryl methyl sites for hydroxylation is 5. The van der Waals surface area contributed by atoms with E-state index in [9.17, 15) is 0 Å². The number of rotatable bonds is 4. The van der Waals surface area contributed by atoms with Crippen molar-refractivity contribution in [1.29, 1.82) is 0 Å². The Morgan fingerprint density at radius 1 is 0.455 bits per heavy atom. The maximum atomic E-state index is 3.55. The van der Waals surface area contributed by atoms with E-state index in [1.807, 2.05) is 0 Å². The van der Waals surface area contributed by atoms with E-state index in [1.165, 1.54) is 139 Å². The maximum Gasteiger partial charge on any atom is 0.0492 e. The van der Waals surface area contributed by atoms with Crippen LogP contribution in [0.1, 0.15) is 133 Å². The average molecular weight is 729 g/mol. The van der Waals surface area contributed by atoms with Crippen LogP contribution in [0.15, 0.2) is 41.7 Å². The lowest BCUT2D eigenvalue weighted by Crippen LogP contribution is -2.23. The second-order valence-electron chi connectivity index (χ2n) is 18.5. The van der Waals surface area contributed by atoms with Crippen molar-refractivity contribution in [2.75, 3.05) is 0 Å². The molecule has 0 aliphatic heterocycles.